The summed E-state index contributed by atoms with van der Waals surface area (Å²) < 4.78 is 5.90. The molecular weight excluding hydrogens is 310 g/mol. The van der Waals surface area contributed by atoms with Crippen LogP contribution in [0.5, 0.6) is 0 Å². The summed E-state index contributed by atoms with van der Waals surface area (Å²) in [5, 5.41) is 3.74. The Bertz CT molecular complexity index is 564. The molecule has 2 saturated heterocycles. The lowest BCUT2D eigenvalue weighted by molar-refractivity contribution is -0.00526. The van der Waals surface area contributed by atoms with Gasteiger partial charge in [0.05, 0.1) is 12.2 Å². The molecule has 1 aromatic rings. The van der Waals surface area contributed by atoms with Crippen molar-refractivity contribution in [2.75, 3.05) is 37.6 Å². The van der Waals surface area contributed by atoms with E-state index in [1.165, 1.54) is 43.6 Å². The number of rotatable bonds is 6. The first-order chi connectivity index (χ1) is 12.2. The number of para-hydroxylation sites is 1. The molecule has 4 heteroatoms. The number of nitrogens with zero attached hydrogens (tertiary/aromatic N) is 2. The lowest BCUT2D eigenvalue weighted by atomic mass is 10.1. The van der Waals surface area contributed by atoms with Gasteiger partial charge in [-0.05, 0) is 63.7 Å². The van der Waals surface area contributed by atoms with Crippen molar-refractivity contribution in [1.29, 1.82) is 0 Å². The molecule has 3 aliphatic rings. The van der Waals surface area contributed by atoms with Gasteiger partial charge in [0.2, 0.25) is 0 Å². The van der Waals surface area contributed by atoms with Gasteiger partial charge in [0, 0.05) is 37.9 Å². The van der Waals surface area contributed by atoms with E-state index in [9.17, 15) is 0 Å². The molecule has 0 spiro atoms. The Kier molecular flexibility index (Phi) is 5.30. The average molecular weight is 344 g/mol. The van der Waals surface area contributed by atoms with Crippen molar-refractivity contribution in [1.82, 2.24) is 10.2 Å². The van der Waals surface area contributed by atoms with Crippen LogP contribution in [0.3, 0.4) is 0 Å². The predicted octanol–water partition coefficient (Wildman–Crippen LogP) is 2.87. The average Bonchev–Trinajstić information content (AvgIpc) is 3.34. The van der Waals surface area contributed by atoms with Gasteiger partial charge in [-0.3, -0.25) is 0 Å². The van der Waals surface area contributed by atoms with Crippen molar-refractivity contribution < 1.29 is 4.74 Å². The highest BCUT2D eigenvalue weighted by Crippen LogP contribution is 2.31. The van der Waals surface area contributed by atoms with E-state index < -0.39 is 0 Å². The third-order valence-corrected chi connectivity index (χ3v) is 5.88. The van der Waals surface area contributed by atoms with Crippen molar-refractivity contribution in [3.05, 3.63) is 29.8 Å². The number of benzene rings is 1. The van der Waals surface area contributed by atoms with Crippen LogP contribution < -0.4 is 10.2 Å². The monoisotopic (exact) mass is 343 g/mol. The van der Waals surface area contributed by atoms with Crippen LogP contribution in [0.1, 0.15) is 38.7 Å². The van der Waals surface area contributed by atoms with E-state index in [0.717, 1.165) is 38.1 Å². The van der Waals surface area contributed by atoms with Gasteiger partial charge in [-0.15, -0.1) is 0 Å². The Labute approximate surface area is 152 Å². The van der Waals surface area contributed by atoms with Gasteiger partial charge >= 0.3 is 0 Å². The standard InChI is InChI=1S/C21H33N3O/c1-16-13-24(14-17(2)25-16)21-6-4-3-5-19(21)12-22-11-18-9-10-23(15-18)20-7-8-20/h3-6,16-18,20,22H,7-15H2,1-2H3/t16-,17-,18-/m1/s1. The van der Waals surface area contributed by atoms with Gasteiger partial charge in [0.15, 0.2) is 0 Å². The molecule has 1 aliphatic carbocycles. The first kappa shape index (κ1) is 17.3. The first-order valence-corrected chi connectivity index (χ1v) is 10.1. The number of ether oxygens (including phenoxy) is 1. The van der Waals surface area contributed by atoms with Crippen molar-refractivity contribution in [3.8, 4) is 0 Å². The van der Waals surface area contributed by atoms with Crippen molar-refractivity contribution in [2.24, 2.45) is 5.92 Å². The minimum atomic E-state index is 0.302. The lowest BCUT2D eigenvalue weighted by Crippen LogP contribution is -2.46. The molecule has 1 N–H and O–H groups in total. The van der Waals surface area contributed by atoms with Crippen LogP contribution in [0.2, 0.25) is 0 Å². The Hall–Kier alpha value is -1.10. The van der Waals surface area contributed by atoms with Gasteiger partial charge in [-0.1, -0.05) is 18.2 Å². The number of nitrogens with one attached hydrogen (secondary N) is 1. The van der Waals surface area contributed by atoms with Crippen LogP contribution in [0.15, 0.2) is 24.3 Å². The fourth-order valence-corrected chi connectivity index (χ4v) is 4.55. The highest BCUT2D eigenvalue weighted by atomic mass is 16.5. The molecule has 0 amide bonds. The van der Waals surface area contributed by atoms with Gasteiger partial charge in [-0.2, -0.15) is 0 Å². The molecule has 3 atom stereocenters. The van der Waals surface area contributed by atoms with Gasteiger partial charge in [0.1, 0.15) is 0 Å². The summed E-state index contributed by atoms with van der Waals surface area (Å²) in [6.07, 6.45) is 4.84. The lowest BCUT2D eigenvalue weighted by Gasteiger charge is -2.37. The number of likely N-dealkylation sites (tertiary alicyclic amines) is 1. The Morgan fingerprint density at radius 1 is 1.04 bits per heavy atom. The number of anilines is 1. The highest BCUT2D eigenvalue weighted by molar-refractivity contribution is 5.54. The maximum absolute atomic E-state index is 5.90. The molecule has 3 fully saturated rings. The van der Waals surface area contributed by atoms with Gasteiger partial charge in [-0.25, -0.2) is 0 Å². The molecule has 4 rings (SSSR count). The summed E-state index contributed by atoms with van der Waals surface area (Å²) in [7, 11) is 0. The summed E-state index contributed by atoms with van der Waals surface area (Å²) in [4.78, 5) is 5.21. The van der Waals surface area contributed by atoms with Crippen molar-refractivity contribution in [3.63, 3.8) is 0 Å². The van der Waals surface area contributed by atoms with E-state index in [-0.39, 0.29) is 0 Å². The largest absolute Gasteiger partial charge is 0.372 e. The van der Waals surface area contributed by atoms with Crippen LogP contribution in [-0.4, -0.2) is 55.9 Å². The topological polar surface area (TPSA) is 27.7 Å². The third kappa shape index (κ3) is 4.36. The fourth-order valence-electron chi connectivity index (χ4n) is 4.55. The summed E-state index contributed by atoms with van der Waals surface area (Å²) >= 11 is 0. The molecule has 138 valence electrons. The smallest absolute Gasteiger partial charge is 0.0726 e. The highest BCUT2D eigenvalue weighted by Gasteiger charge is 2.34. The second-order valence-corrected chi connectivity index (χ2v) is 8.30. The van der Waals surface area contributed by atoms with Crippen LogP contribution in [0.25, 0.3) is 0 Å². The quantitative estimate of drug-likeness (QED) is 0.860. The van der Waals surface area contributed by atoms with E-state index in [1.807, 2.05) is 0 Å². The van der Waals surface area contributed by atoms with Crippen LogP contribution in [0, 0.1) is 5.92 Å². The summed E-state index contributed by atoms with van der Waals surface area (Å²) in [5.74, 6) is 0.830. The van der Waals surface area contributed by atoms with E-state index in [1.54, 1.807) is 0 Å². The third-order valence-electron chi connectivity index (χ3n) is 5.88. The summed E-state index contributed by atoms with van der Waals surface area (Å²) in [5.41, 5.74) is 2.80. The number of hydrogen-bond acceptors (Lipinski definition) is 4. The molecule has 0 unspecified atom stereocenters. The van der Waals surface area contributed by atoms with Crippen LogP contribution in [0.4, 0.5) is 5.69 Å². The zero-order valence-electron chi connectivity index (χ0n) is 15.8. The molecule has 25 heavy (non-hydrogen) atoms. The number of morpholine rings is 1. The molecule has 1 aromatic carbocycles. The minimum absolute atomic E-state index is 0.302. The summed E-state index contributed by atoms with van der Waals surface area (Å²) in [6.45, 7) is 11.1. The Morgan fingerprint density at radius 3 is 2.56 bits per heavy atom. The van der Waals surface area contributed by atoms with Crippen molar-refractivity contribution >= 4 is 5.69 Å². The number of hydrogen-bond donors (Lipinski definition) is 1. The van der Waals surface area contributed by atoms with Crippen molar-refractivity contribution in [2.45, 2.75) is 57.9 Å². The normalized spacial score (nSPS) is 30.8. The predicted molar refractivity (Wildman–Crippen MR) is 103 cm³/mol. The molecule has 2 heterocycles. The minimum Gasteiger partial charge on any atom is -0.372 e. The van der Waals surface area contributed by atoms with E-state index in [0.29, 0.717) is 12.2 Å². The zero-order valence-corrected chi connectivity index (χ0v) is 15.8. The Morgan fingerprint density at radius 2 is 1.80 bits per heavy atom. The maximum Gasteiger partial charge on any atom is 0.0726 e. The van der Waals surface area contributed by atoms with E-state index in [2.05, 4.69) is 53.2 Å². The van der Waals surface area contributed by atoms with Crippen LogP contribution in [-0.2, 0) is 11.3 Å². The molecule has 0 radical (unpaired) electrons. The molecule has 0 bridgehead atoms. The van der Waals surface area contributed by atoms with E-state index >= 15 is 0 Å². The van der Waals surface area contributed by atoms with Crippen LogP contribution >= 0.6 is 0 Å². The van der Waals surface area contributed by atoms with E-state index in [4.69, 9.17) is 4.74 Å². The molecule has 2 aliphatic heterocycles. The molecule has 0 aromatic heterocycles. The Balaban J connectivity index is 1.31. The van der Waals surface area contributed by atoms with Gasteiger partial charge < -0.3 is 19.9 Å². The van der Waals surface area contributed by atoms with Gasteiger partial charge in [0.25, 0.3) is 0 Å². The SMILES string of the molecule is C[C@@H]1CN(c2ccccc2CNC[C@H]2CCN(C3CC3)C2)C[C@@H](C)O1. The second kappa shape index (κ2) is 7.65. The molecule has 1 saturated carbocycles. The first-order valence-electron chi connectivity index (χ1n) is 10.1. The second-order valence-electron chi connectivity index (χ2n) is 8.30. The molecular formula is C21H33N3O. The zero-order chi connectivity index (χ0) is 17.2. The molecule has 4 nitrogen and oxygen atoms in total. The summed E-state index contributed by atoms with van der Waals surface area (Å²) in [6, 6.07) is 9.80. The fraction of sp³-hybridized carbons (Fsp3) is 0.714. The maximum atomic E-state index is 5.90.